The summed E-state index contributed by atoms with van der Waals surface area (Å²) < 4.78 is 1.07. The van der Waals surface area contributed by atoms with E-state index in [0.717, 1.165) is 53.2 Å². The van der Waals surface area contributed by atoms with Crippen molar-refractivity contribution < 1.29 is 0 Å². The Morgan fingerprint density at radius 2 is 1.93 bits per heavy atom. The number of halogens is 1. The van der Waals surface area contributed by atoms with Crippen LogP contribution in [0.25, 0.3) is 5.57 Å². The molecule has 0 unspecified atom stereocenters. The summed E-state index contributed by atoms with van der Waals surface area (Å²) in [6.07, 6.45) is 12.5. The van der Waals surface area contributed by atoms with Crippen LogP contribution in [0.1, 0.15) is 38.2 Å². The summed E-state index contributed by atoms with van der Waals surface area (Å²) in [5.74, 6) is 1.52. The third-order valence-electron chi connectivity index (χ3n) is 5.29. The molecule has 1 aromatic rings. The van der Waals surface area contributed by atoms with Crippen molar-refractivity contribution in [2.75, 3.05) is 19.6 Å². The molecule has 1 saturated carbocycles. The fourth-order valence-corrected chi connectivity index (χ4v) is 3.95. The van der Waals surface area contributed by atoms with E-state index in [-0.39, 0.29) is 0 Å². The van der Waals surface area contributed by atoms with Crippen LogP contribution in [-0.4, -0.2) is 30.4 Å². The number of nitrogens with two attached hydrogens (primary N) is 1. The number of aliphatic imine (C=N–C) groups is 1. The predicted molar refractivity (Wildman–Crippen MR) is 124 cm³/mol. The Bertz CT molecular complexity index is 801. The minimum atomic E-state index is 0.583. The van der Waals surface area contributed by atoms with Crippen LogP contribution in [0.3, 0.4) is 0 Å². The molecule has 0 bridgehead atoms. The van der Waals surface area contributed by atoms with Crippen LogP contribution in [0.4, 0.5) is 0 Å². The van der Waals surface area contributed by atoms with E-state index < -0.39 is 0 Å². The van der Waals surface area contributed by atoms with Gasteiger partial charge in [-0.2, -0.15) is 0 Å². The number of hydrogen-bond acceptors (Lipinski definition) is 2. The van der Waals surface area contributed by atoms with Gasteiger partial charge in [0.2, 0.25) is 0 Å². The molecule has 0 aromatic heterocycles. The predicted octanol–water partition coefficient (Wildman–Crippen LogP) is 5.71. The largest absolute Gasteiger partial charge is 0.383 e. The van der Waals surface area contributed by atoms with E-state index >= 15 is 0 Å². The lowest BCUT2D eigenvalue weighted by Crippen LogP contribution is -2.33. The van der Waals surface area contributed by atoms with Crippen LogP contribution >= 0.6 is 15.9 Å². The zero-order chi connectivity index (χ0) is 19.9. The van der Waals surface area contributed by atoms with Crippen LogP contribution in [0.5, 0.6) is 0 Å². The van der Waals surface area contributed by atoms with E-state index in [9.17, 15) is 0 Å². The Hall–Kier alpha value is -1.91. The number of hydrogen-bond donors (Lipinski definition) is 1. The van der Waals surface area contributed by atoms with Crippen LogP contribution in [0, 0.1) is 5.92 Å². The van der Waals surface area contributed by atoms with Crippen molar-refractivity contribution in [3.63, 3.8) is 0 Å². The highest BCUT2D eigenvalue weighted by Gasteiger charge is 2.26. The van der Waals surface area contributed by atoms with E-state index in [2.05, 4.69) is 51.7 Å². The molecule has 4 heteroatoms. The maximum Gasteiger partial charge on any atom is 0.131 e. The maximum atomic E-state index is 6.56. The summed E-state index contributed by atoms with van der Waals surface area (Å²) in [5.41, 5.74) is 11.0. The number of rotatable bonds is 7. The number of likely N-dealkylation sites (tertiary alicyclic amines) is 1. The van der Waals surface area contributed by atoms with E-state index in [4.69, 9.17) is 10.7 Å². The van der Waals surface area contributed by atoms with Crippen molar-refractivity contribution in [1.29, 1.82) is 0 Å². The van der Waals surface area contributed by atoms with Gasteiger partial charge in [0.05, 0.1) is 5.70 Å². The van der Waals surface area contributed by atoms with Gasteiger partial charge in [0.1, 0.15) is 5.84 Å². The molecule has 2 fully saturated rings. The molecule has 0 spiro atoms. The lowest BCUT2D eigenvalue weighted by molar-refractivity contribution is 0.247. The zero-order valence-corrected chi connectivity index (χ0v) is 18.3. The minimum absolute atomic E-state index is 0.583. The topological polar surface area (TPSA) is 41.6 Å². The average molecular weight is 440 g/mol. The SMILES string of the molecule is C=C/C=C(\C=C/C)N=C(N)C(=C1CCN(CC2CC2)CC1)c1ccc(Br)cc1. The Morgan fingerprint density at radius 3 is 2.50 bits per heavy atom. The van der Waals surface area contributed by atoms with Crippen molar-refractivity contribution in [3.05, 3.63) is 76.5 Å². The second-order valence-electron chi connectivity index (χ2n) is 7.55. The van der Waals surface area contributed by atoms with Crippen molar-refractivity contribution in [1.82, 2.24) is 4.90 Å². The van der Waals surface area contributed by atoms with E-state index in [0.29, 0.717) is 5.84 Å². The molecule has 1 heterocycles. The lowest BCUT2D eigenvalue weighted by atomic mass is 9.92. The number of nitrogens with zero attached hydrogens (tertiary/aromatic N) is 2. The highest BCUT2D eigenvalue weighted by atomic mass is 79.9. The van der Waals surface area contributed by atoms with Gasteiger partial charge in [0.15, 0.2) is 0 Å². The number of benzene rings is 1. The normalized spacial score (nSPS) is 19.3. The molecule has 1 saturated heterocycles. The third kappa shape index (κ3) is 5.79. The quantitative estimate of drug-likeness (QED) is 0.335. The maximum absolute atomic E-state index is 6.56. The molecule has 3 rings (SSSR count). The standard InChI is InChI=1S/C24H30BrN3/c1-3-5-22(6-4-2)27-24(26)23(19-9-11-21(25)12-10-19)20-13-15-28(16-14-20)17-18-7-8-18/h3-6,9-12,18H,1,7-8,13-17H2,2H3,(H2,26,27)/b6-4-,22-5+. The molecule has 2 aliphatic rings. The smallest absolute Gasteiger partial charge is 0.131 e. The van der Waals surface area contributed by atoms with Gasteiger partial charge < -0.3 is 10.6 Å². The number of allylic oxidation sites excluding steroid dienone is 4. The van der Waals surface area contributed by atoms with E-state index in [1.54, 1.807) is 6.08 Å². The first-order chi connectivity index (χ1) is 13.6. The second kappa shape index (κ2) is 10.0. The van der Waals surface area contributed by atoms with Crippen molar-refractivity contribution in [3.8, 4) is 0 Å². The summed E-state index contributed by atoms with van der Waals surface area (Å²) in [6, 6.07) is 8.38. The average Bonchev–Trinajstić information content (AvgIpc) is 3.49. The van der Waals surface area contributed by atoms with Gasteiger partial charge >= 0.3 is 0 Å². The molecule has 148 valence electrons. The fraction of sp³-hybridized carbons (Fsp3) is 0.375. The molecule has 28 heavy (non-hydrogen) atoms. The molecule has 0 atom stereocenters. The molecule has 0 radical (unpaired) electrons. The zero-order valence-electron chi connectivity index (χ0n) is 16.7. The lowest BCUT2D eigenvalue weighted by Gasteiger charge is -2.30. The monoisotopic (exact) mass is 439 g/mol. The summed E-state index contributed by atoms with van der Waals surface area (Å²) in [4.78, 5) is 7.33. The van der Waals surface area contributed by atoms with Crippen LogP contribution in [0.15, 0.2) is 75.9 Å². The fourth-order valence-electron chi connectivity index (χ4n) is 3.69. The number of piperidine rings is 1. The summed E-state index contributed by atoms with van der Waals surface area (Å²) in [6.45, 7) is 9.26. The first-order valence-corrected chi connectivity index (χ1v) is 10.9. The van der Waals surface area contributed by atoms with Gasteiger partial charge in [0.25, 0.3) is 0 Å². The minimum Gasteiger partial charge on any atom is -0.383 e. The van der Waals surface area contributed by atoms with E-state index in [1.807, 2.05) is 25.2 Å². The molecule has 0 amide bonds. The Kier molecular flexibility index (Phi) is 7.46. The van der Waals surface area contributed by atoms with Crippen molar-refractivity contribution in [2.24, 2.45) is 16.6 Å². The molecule has 1 aromatic carbocycles. The van der Waals surface area contributed by atoms with Gasteiger partial charge in [-0.25, -0.2) is 4.99 Å². The highest BCUT2D eigenvalue weighted by molar-refractivity contribution is 9.10. The Balaban J connectivity index is 1.92. The van der Waals surface area contributed by atoms with Crippen LogP contribution in [-0.2, 0) is 0 Å². The molecular weight excluding hydrogens is 410 g/mol. The molecular formula is C24H30BrN3. The second-order valence-corrected chi connectivity index (χ2v) is 8.47. The van der Waals surface area contributed by atoms with Crippen molar-refractivity contribution >= 4 is 27.3 Å². The summed E-state index contributed by atoms with van der Waals surface area (Å²) >= 11 is 3.53. The van der Waals surface area contributed by atoms with Gasteiger partial charge in [-0.05, 0) is 68.4 Å². The van der Waals surface area contributed by atoms with Gasteiger partial charge in [-0.1, -0.05) is 52.4 Å². The van der Waals surface area contributed by atoms with E-state index in [1.165, 1.54) is 25.0 Å². The Morgan fingerprint density at radius 1 is 1.25 bits per heavy atom. The highest BCUT2D eigenvalue weighted by Crippen LogP contribution is 2.33. The van der Waals surface area contributed by atoms with Crippen molar-refractivity contribution in [2.45, 2.75) is 32.6 Å². The van der Waals surface area contributed by atoms with Gasteiger partial charge in [-0.15, -0.1) is 0 Å². The molecule has 1 aliphatic heterocycles. The number of amidine groups is 1. The van der Waals surface area contributed by atoms with Gasteiger partial charge in [-0.3, -0.25) is 0 Å². The van der Waals surface area contributed by atoms with Gasteiger partial charge in [0, 0.05) is 29.7 Å². The molecule has 2 N–H and O–H groups in total. The first kappa shape index (κ1) is 20.8. The van der Waals surface area contributed by atoms with Crippen LogP contribution < -0.4 is 5.73 Å². The van der Waals surface area contributed by atoms with Crippen LogP contribution in [0.2, 0.25) is 0 Å². The third-order valence-corrected chi connectivity index (χ3v) is 5.82. The Labute approximate surface area is 177 Å². The summed E-state index contributed by atoms with van der Waals surface area (Å²) in [7, 11) is 0. The molecule has 1 aliphatic carbocycles. The molecule has 3 nitrogen and oxygen atoms in total. The summed E-state index contributed by atoms with van der Waals surface area (Å²) in [5, 5.41) is 0. The first-order valence-electron chi connectivity index (χ1n) is 10.1.